The molecule has 4 saturated carbocycles. The van der Waals surface area contributed by atoms with Crippen molar-refractivity contribution in [3.63, 3.8) is 0 Å². The summed E-state index contributed by atoms with van der Waals surface area (Å²) in [4.78, 5) is 12.9. The zero-order chi connectivity index (χ0) is 42.4. The third kappa shape index (κ3) is 13.3. The smallest absolute Gasteiger partial charge is 0.338 e. The summed E-state index contributed by atoms with van der Waals surface area (Å²) in [6.45, 7) is 30.8. The molecule has 1 aromatic rings. The summed E-state index contributed by atoms with van der Waals surface area (Å²) in [5, 5.41) is 0. The van der Waals surface area contributed by atoms with Gasteiger partial charge in [0.25, 0.3) is 0 Å². The molecule has 4 N–H and O–H groups in total. The topological polar surface area (TPSA) is 78.3 Å². The molecule has 56 heavy (non-hydrogen) atoms. The molecule has 0 spiro atoms. The Hall–Kier alpha value is -1.36. The molecule has 326 valence electrons. The van der Waals surface area contributed by atoms with Crippen LogP contribution in [0.15, 0.2) is 18.2 Å². The van der Waals surface area contributed by atoms with E-state index in [2.05, 4.69) is 88.8 Å². The SMILES string of the molecule is CC.CC(C)CCCC(C)C1CCC2C3CCC4CC(OC(=O)c5cc(N)cc(N)c5)CCC4(C)C3CCC12C.CCC(C)C(C)C(C)CCCC(C)C.CS. The van der Waals surface area contributed by atoms with Crippen molar-refractivity contribution in [2.75, 3.05) is 17.7 Å². The largest absolute Gasteiger partial charge is 0.459 e. The lowest BCUT2D eigenvalue weighted by molar-refractivity contribution is -0.130. The first-order valence-corrected chi connectivity index (χ1v) is 24.7. The van der Waals surface area contributed by atoms with Crippen LogP contribution in [0.1, 0.15) is 203 Å². The third-order valence-electron chi connectivity index (χ3n) is 16.2. The van der Waals surface area contributed by atoms with Crippen LogP contribution in [0.5, 0.6) is 0 Å². The van der Waals surface area contributed by atoms with Gasteiger partial charge < -0.3 is 16.2 Å². The molecule has 0 amide bonds. The van der Waals surface area contributed by atoms with E-state index in [9.17, 15) is 4.79 Å². The molecule has 4 aliphatic carbocycles. The summed E-state index contributed by atoms with van der Waals surface area (Å²) in [6.07, 6.45) is 23.1. The number of rotatable bonds is 14. The highest BCUT2D eigenvalue weighted by atomic mass is 32.1. The van der Waals surface area contributed by atoms with Crippen molar-refractivity contribution in [1.82, 2.24) is 0 Å². The molecule has 5 rings (SSSR count). The van der Waals surface area contributed by atoms with E-state index < -0.39 is 0 Å². The fraction of sp³-hybridized carbons (Fsp3) is 0.863. The molecule has 4 nitrogen and oxygen atoms in total. The van der Waals surface area contributed by atoms with Gasteiger partial charge in [-0.1, -0.05) is 135 Å². The Labute approximate surface area is 354 Å². The minimum atomic E-state index is -0.278. The van der Waals surface area contributed by atoms with Gasteiger partial charge in [-0.2, -0.15) is 12.6 Å². The number of anilines is 2. The van der Waals surface area contributed by atoms with Crippen LogP contribution >= 0.6 is 12.6 Å². The maximum Gasteiger partial charge on any atom is 0.338 e. The molecule has 4 aliphatic rings. The number of carbonyl (C=O) groups excluding carboxylic acids is 1. The zero-order valence-corrected chi connectivity index (χ0v) is 40.3. The van der Waals surface area contributed by atoms with Gasteiger partial charge in [-0.05, 0) is 158 Å². The minimum absolute atomic E-state index is 0.0104. The maximum atomic E-state index is 12.9. The number of thiol groups is 1. The standard InChI is InChI=1S/C34H54N2O2.C14H30.C2H6.CH4S/c1-21(2)7-6-8-22(3)29-11-12-30-28-10-9-24-19-27(38-32(37)23-17-25(35)20-26(36)18-23)13-15-33(24,4)31(28)14-16-34(29,30)5;1-7-12(4)14(6)13(5)10-8-9-11(2)3;2*1-2/h17-18,20-22,24,27-31H,6-16,19,35-36H2,1-5H3;11-14H,7-10H2,1-6H3;1-2H3;2H,1H3. The predicted octanol–water partition coefficient (Wildman–Crippen LogP) is 15.2. The van der Waals surface area contributed by atoms with E-state index in [1.807, 2.05) is 13.8 Å². The van der Waals surface area contributed by atoms with E-state index in [1.165, 1.54) is 89.9 Å². The maximum absolute atomic E-state index is 12.9. The van der Waals surface area contributed by atoms with E-state index in [1.54, 1.807) is 24.5 Å². The average molecular weight is 799 g/mol. The quantitative estimate of drug-likeness (QED) is 0.0995. The van der Waals surface area contributed by atoms with Crippen LogP contribution in [0.2, 0.25) is 0 Å². The van der Waals surface area contributed by atoms with Gasteiger partial charge >= 0.3 is 5.97 Å². The Morgan fingerprint density at radius 2 is 1.29 bits per heavy atom. The summed E-state index contributed by atoms with van der Waals surface area (Å²) in [5.74, 6) is 9.24. The van der Waals surface area contributed by atoms with Crippen molar-refractivity contribution < 1.29 is 9.53 Å². The highest BCUT2D eigenvalue weighted by molar-refractivity contribution is 7.79. The molecule has 0 aromatic heterocycles. The van der Waals surface area contributed by atoms with Crippen LogP contribution < -0.4 is 11.5 Å². The summed E-state index contributed by atoms with van der Waals surface area (Å²) in [6, 6.07) is 5.03. The molecule has 0 saturated heterocycles. The monoisotopic (exact) mass is 799 g/mol. The minimum Gasteiger partial charge on any atom is -0.459 e. The number of nitrogen functional groups attached to an aromatic ring is 2. The number of hydrogen-bond acceptors (Lipinski definition) is 5. The first kappa shape index (κ1) is 50.8. The van der Waals surface area contributed by atoms with Crippen molar-refractivity contribution >= 4 is 30.0 Å². The Balaban J connectivity index is 0.000000509. The van der Waals surface area contributed by atoms with Gasteiger partial charge in [-0.3, -0.25) is 0 Å². The second-order valence-electron chi connectivity index (χ2n) is 20.4. The molecule has 1 aromatic carbocycles. The van der Waals surface area contributed by atoms with Gasteiger partial charge in [-0.15, -0.1) is 0 Å². The van der Waals surface area contributed by atoms with Crippen molar-refractivity contribution in [1.29, 1.82) is 0 Å². The fourth-order valence-corrected chi connectivity index (χ4v) is 12.4. The van der Waals surface area contributed by atoms with Crippen molar-refractivity contribution in [3.05, 3.63) is 23.8 Å². The lowest BCUT2D eigenvalue weighted by atomic mass is 9.44. The van der Waals surface area contributed by atoms with Gasteiger partial charge in [0, 0.05) is 11.4 Å². The Morgan fingerprint density at radius 1 is 0.732 bits per heavy atom. The third-order valence-corrected chi connectivity index (χ3v) is 16.2. The van der Waals surface area contributed by atoms with E-state index in [0.717, 1.165) is 72.0 Å². The van der Waals surface area contributed by atoms with E-state index in [0.29, 0.717) is 33.7 Å². The molecule has 0 aliphatic heterocycles. The molecular weight excluding hydrogens is 705 g/mol. The lowest BCUT2D eigenvalue weighted by Gasteiger charge is -2.61. The predicted molar refractivity (Wildman–Crippen MR) is 250 cm³/mol. The van der Waals surface area contributed by atoms with Crippen LogP contribution in [-0.4, -0.2) is 18.3 Å². The Morgan fingerprint density at radius 3 is 1.86 bits per heavy atom. The molecule has 0 radical (unpaired) electrons. The number of ether oxygens (including phenoxy) is 1. The van der Waals surface area contributed by atoms with Gasteiger partial charge in [0.05, 0.1) is 5.56 Å². The first-order chi connectivity index (χ1) is 26.5. The van der Waals surface area contributed by atoms with Gasteiger partial charge in [0.1, 0.15) is 6.10 Å². The Kier molecular flexibility index (Phi) is 21.8. The van der Waals surface area contributed by atoms with Crippen LogP contribution in [0.3, 0.4) is 0 Å². The average Bonchev–Trinajstić information content (AvgIpc) is 3.52. The van der Waals surface area contributed by atoms with Crippen molar-refractivity contribution in [2.45, 2.75) is 199 Å². The van der Waals surface area contributed by atoms with Gasteiger partial charge in [-0.25, -0.2) is 4.79 Å². The molecule has 5 heteroatoms. The summed E-state index contributed by atoms with van der Waals surface area (Å²) >= 11 is 3.53. The van der Waals surface area contributed by atoms with Crippen molar-refractivity contribution in [2.24, 2.45) is 75.9 Å². The molecule has 4 fully saturated rings. The first-order valence-electron chi connectivity index (χ1n) is 23.8. The van der Waals surface area contributed by atoms with E-state index >= 15 is 0 Å². The van der Waals surface area contributed by atoms with Crippen LogP contribution in [-0.2, 0) is 4.74 Å². The molecule has 12 atom stereocenters. The second kappa shape index (κ2) is 24.0. The normalized spacial score (nSPS) is 31.4. The van der Waals surface area contributed by atoms with Crippen LogP contribution in [0, 0.1) is 75.9 Å². The molecule has 0 heterocycles. The number of esters is 1. The number of nitrogens with two attached hydrogens (primary N) is 2. The van der Waals surface area contributed by atoms with Crippen LogP contribution in [0.4, 0.5) is 11.4 Å². The number of fused-ring (bicyclic) bond motifs is 5. The molecular formula is C51H94N2O2S. The number of carbonyl (C=O) groups is 1. The summed E-state index contributed by atoms with van der Waals surface area (Å²) in [7, 11) is 0. The number of hydrogen-bond donors (Lipinski definition) is 3. The fourth-order valence-electron chi connectivity index (χ4n) is 12.4. The van der Waals surface area contributed by atoms with Crippen LogP contribution in [0.25, 0.3) is 0 Å². The van der Waals surface area contributed by atoms with E-state index in [4.69, 9.17) is 16.2 Å². The van der Waals surface area contributed by atoms with Crippen molar-refractivity contribution in [3.8, 4) is 0 Å². The molecule has 0 bridgehead atoms. The zero-order valence-electron chi connectivity index (χ0n) is 39.4. The van der Waals surface area contributed by atoms with Gasteiger partial charge in [0.2, 0.25) is 0 Å². The highest BCUT2D eigenvalue weighted by Gasteiger charge is 2.60. The summed E-state index contributed by atoms with van der Waals surface area (Å²) in [5.41, 5.74) is 14.3. The summed E-state index contributed by atoms with van der Waals surface area (Å²) < 4.78 is 6.04. The lowest BCUT2D eigenvalue weighted by Crippen LogP contribution is -2.54. The van der Waals surface area contributed by atoms with Gasteiger partial charge in [0.15, 0.2) is 0 Å². The Bertz CT molecular complexity index is 1250. The molecule has 12 unspecified atom stereocenters. The number of benzene rings is 1. The van der Waals surface area contributed by atoms with E-state index in [-0.39, 0.29) is 12.1 Å². The highest BCUT2D eigenvalue weighted by Crippen LogP contribution is 2.68. The second-order valence-corrected chi connectivity index (χ2v) is 20.4.